The van der Waals surface area contributed by atoms with E-state index in [1.165, 1.54) is 4.80 Å². The van der Waals surface area contributed by atoms with Crippen LogP contribution in [0.5, 0.6) is 0 Å². The number of hydrogen-bond acceptors (Lipinski definition) is 5. The van der Waals surface area contributed by atoms with Crippen LogP contribution in [0.4, 0.5) is 8.78 Å². The standard InChI is InChI=1S/C18H25F2N7O2/c1-11(7-21-16(29)17(3)5-6-18(19,20)10-17)23-15(28)14-12(2)24-27(25-14)13-8-22-26(4)9-13/h8-9,11H,5-7,10H2,1-4H3,(H,21,29)(H,23,28)/t11-,17?/m0/s1. The Hall–Kier alpha value is -2.85. The van der Waals surface area contributed by atoms with Crippen molar-refractivity contribution in [2.24, 2.45) is 12.5 Å². The van der Waals surface area contributed by atoms with E-state index in [4.69, 9.17) is 0 Å². The quantitative estimate of drug-likeness (QED) is 0.749. The fraction of sp³-hybridized carbons (Fsp3) is 0.611. The summed E-state index contributed by atoms with van der Waals surface area (Å²) in [5.74, 6) is -3.66. The Labute approximate surface area is 166 Å². The highest BCUT2D eigenvalue weighted by Gasteiger charge is 2.50. The second-order valence-corrected chi connectivity index (χ2v) is 7.97. The highest BCUT2D eigenvalue weighted by atomic mass is 19.3. The normalized spacial score (nSPS) is 21.7. The van der Waals surface area contributed by atoms with Crippen LogP contribution < -0.4 is 10.6 Å². The van der Waals surface area contributed by atoms with Crippen molar-refractivity contribution in [1.29, 1.82) is 0 Å². The third-order valence-corrected chi connectivity index (χ3v) is 5.11. The molecule has 1 unspecified atom stereocenters. The van der Waals surface area contributed by atoms with E-state index >= 15 is 0 Å². The molecular formula is C18H25F2N7O2. The summed E-state index contributed by atoms with van der Waals surface area (Å²) >= 11 is 0. The Kier molecular flexibility index (Phi) is 5.42. The van der Waals surface area contributed by atoms with E-state index in [9.17, 15) is 18.4 Å². The zero-order chi connectivity index (χ0) is 21.4. The molecule has 1 aliphatic carbocycles. The number of halogens is 2. The van der Waals surface area contributed by atoms with Gasteiger partial charge in [0.1, 0.15) is 5.69 Å². The molecule has 158 valence electrons. The van der Waals surface area contributed by atoms with Crippen molar-refractivity contribution in [2.45, 2.75) is 52.0 Å². The number of nitrogens with one attached hydrogen (secondary N) is 2. The molecule has 0 aliphatic heterocycles. The first-order valence-corrected chi connectivity index (χ1v) is 9.39. The molecule has 9 nitrogen and oxygen atoms in total. The Bertz CT molecular complexity index is 923. The number of rotatable bonds is 6. The molecular weight excluding hydrogens is 384 g/mol. The maximum absolute atomic E-state index is 13.5. The second kappa shape index (κ2) is 7.53. The molecule has 1 aliphatic rings. The van der Waals surface area contributed by atoms with E-state index in [1.54, 1.807) is 44.9 Å². The van der Waals surface area contributed by atoms with Crippen molar-refractivity contribution in [2.75, 3.05) is 6.54 Å². The van der Waals surface area contributed by atoms with Crippen molar-refractivity contribution in [3.05, 3.63) is 23.8 Å². The number of hydrogen-bond donors (Lipinski definition) is 2. The lowest BCUT2D eigenvalue weighted by molar-refractivity contribution is -0.131. The maximum Gasteiger partial charge on any atom is 0.274 e. The molecule has 0 aromatic carbocycles. The minimum absolute atomic E-state index is 0.127. The summed E-state index contributed by atoms with van der Waals surface area (Å²) < 4.78 is 28.5. The zero-order valence-electron chi connectivity index (χ0n) is 16.9. The summed E-state index contributed by atoms with van der Waals surface area (Å²) in [6.45, 7) is 5.06. The minimum Gasteiger partial charge on any atom is -0.354 e. The molecule has 0 saturated heterocycles. The van der Waals surface area contributed by atoms with Crippen molar-refractivity contribution in [3.63, 3.8) is 0 Å². The van der Waals surface area contributed by atoms with Crippen molar-refractivity contribution >= 4 is 11.8 Å². The van der Waals surface area contributed by atoms with E-state index in [-0.39, 0.29) is 25.1 Å². The highest BCUT2D eigenvalue weighted by molar-refractivity contribution is 5.93. The van der Waals surface area contributed by atoms with Gasteiger partial charge in [-0.2, -0.15) is 10.2 Å². The van der Waals surface area contributed by atoms with Crippen LogP contribution in [0.15, 0.2) is 12.4 Å². The third-order valence-electron chi connectivity index (χ3n) is 5.11. The lowest BCUT2D eigenvalue weighted by Crippen LogP contribution is -2.46. The summed E-state index contributed by atoms with van der Waals surface area (Å²) in [6, 6.07) is -0.417. The molecule has 2 atom stereocenters. The number of carbonyl (C=O) groups excluding carboxylic acids is 2. The predicted octanol–water partition coefficient (Wildman–Crippen LogP) is 1.37. The van der Waals surface area contributed by atoms with Crippen LogP contribution in [-0.4, -0.2) is 55.1 Å². The van der Waals surface area contributed by atoms with Gasteiger partial charge in [-0.05, 0) is 20.3 Å². The molecule has 2 amide bonds. The Balaban J connectivity index is 1.56. The SMILES string of the molecule is Cc1nn(-c2cnn(C)c2)nc1C(=O)N[C@@H](C)CNC(=O)C1(C)CCC(F)(F)C1. The first-order valence-electron chi connectivity index (χ1n) is 9.39. The monoisotopic (exact) mass is 409 g/mol. The minimum atomic E-state index is -2.80. The van der Waals surface area contributed by atoms with Crippen LogP contribution in [0, 0.1) is 12.3 Å². The summed E-state index contributed by atoms with van der Waals surface area (Å²) in [5.41, 5.74) is 0.144. The van der Waals surface area contributed by atoms with Crippen molar-refractivity contribution < 1.29 is 18.4 Å². The molecule has 0 spiro atoms. The molecule has 1 saturated carbocycles. The zero-order valence-corrected chi connectivity index (χ0v) is 16.9. The lowest BCUT2D eigenvalue weighted by atomic mass is 9.87. The molecule has 0 bridgehead atoms. The number of alkyl halides is 2. The molecule has 2 aromatic rings. The van der Waals surface area contributed by atoms with Crippen LogP contribution in [0.2, 0.25) is 0 Å². The van der Waals surface area contributed by atoms with Gasteiger partial charge in [0.05, 0.1) is 23.5 Å². The largest absolute Gasteiger partial charge is 0.354 e. The van der Waals surface area contributed by atoms with E-state index < -0.39 is 35.6 Å². The number of aromatic nitrogens is 5. The maximum atomic E-state index is 13.5. The fourth-order valence-corrected chi connectivity index (χ4v) is 3.42. The topological polar surface area (TPSA) is 107 Å². The number of carbonyl (C=O) groups is 2. The third kappa shape index (κ3) is 4.60. The smallest absolute Gasteiger partial charge is 0.274 e. The highest BCUT2D eigenvalue weighted by Crippen LogP contribution is 2.47. The second-order valence-electron chi connectivity index (χ2n) is 7.97. The van der Waals surface area contributed by atoms with Gasteiger partial charge in [0.2, 0.25) is 11.8 Å². The lowest BCUT2D eigenvalue weighted by Gasteiger charge is -2.24. The number of amides is 2. The van der Waals surface area contributed by atoms with Gasteiger partial charge < -0.3 is 10.6 Å². The Morgan fingerprint density at radius 3 is 2.62 bits per heavy atom. The van der Waals surface area contributed by atoms with E-state index in [0.29, 0.717) is 11.4 Å². The van der Waals surface area contributed by atoms with Crippen molar-refractivity contribution in [3.8, 4) is 5.69 Å². The van der Waals surface area contributed by atoms with E-state index in [0.717, 1.165) is 0 Å². The number of nitrogens with zero attached hydrogens (tertiary/aromatic N) is 5. The molecule has 3 rings (SSSR count). The molecule has 0 radical (unpaired) electrons. The first kappa shape index (κ1) is 20.9. The summed E-state index contributed by atoms with van der Waals surface area (Å²) in [4.78, 5) is 26.2. The van der Waals surface area contributed by atoms with Gasteiger partial charge in [-0.15, -0.1) is 9.90 Å². The molecule has 1 fully saturated rings. The van der Waals surface area contributed by atoms with Gasteiger partial charge in [0.25, 0.3) is 5.91 Å². The van der Waals surface area contributed by atoms with Crippen LogP contribution in [-0.2, 0) is 11.8 Å². The first-order chi connectivity index (χ1) is 13.5. The predicted molar refractivity (Wildman–Crippen MR) is 99.7 cm³/mol. The van der Waals surface area contributed by atoms with Gasteiger partial charge in [0, 0.05) is 32.5 Å². The van der Waals surface area contributed by atoms with Crippen LogP contribution in [0.1, 0.15) is 49.3 Å². The molecule has 2 N–H and O–H groups in total. The molecule has 2 aromatic heterocycles. The number of aryl methyl sites for hydroxylation is 2. The average Bonchev–Trinajstić information content (AvgIpc) is 3.30. The molecule has 11 heteroatoms. The Morgan fingerprint density at radius 1 is 1.31 bits per heavy atom. The van der Waals surface area contributed by atoms with Gasteiger partial charge in [-0.1, -0.05) is 6.92 Å². The summed E-state index contributed by atoms with van der Waals surface area (Å²) in [7, 11) is 1.76. The summed E-state index contributed by atoms with van der Waals surface area (Å²) in [6.07, 6.45) is 2.69. The Morgan fingerprint density at radius 2 is 2.03 bits per heavy atom. The van der Waals surface area contributed by atoms with Crippen LogP contribution >= 0.6 is 0 Å². The molecule has 2 heterocycles. The van der Waals surface area contributed by atoms with Gasteiger partial charge >= 0.3 is 0 Å². The van der Waals surface area contributed by atoms with Crippen molar-refractivity contribution in [1.82, 2.24) is 35.4 Å². The molecule has 29 heavy (non-hydrogen) atoms. The van der Waals surface area contributed by atoms with Gasteiger partial charge in [-0.3, -0.25) is 14.3 Å². The van der Waals surface area contributed by atoms with Gasteiger partial charge in [-0.25, -0.2) is 8.78 Å². The summed E-state index contributed by atoms with van der Waals surface area (Å²) in [5, 5.41) is 17.9. The van der Waals surface area contributed by atoms with Crippen LogP contribution in [0.3, 0.4) is 0 Å². The van der Waals surface area contributed by atoms with Crippen LogP contribution in [0.25, 0.3) is 5.69 Å². The fourth-order valence-electron chi connectivity index (χ4n) is 3.42. The average molecular weight is 409 g/mol. The van der Waals surface area contributed by atoms with Gasteiger partial charge in [0.15, 0.2) is 5.69 Å². The van der Waals surface area contributed by atoms with E-state index in [2.05, 4.69) is 25.9 Å². The van der Waals surface area contributed by atoms with E-state index in [1.807, 2.05) is 0 Å².